The standard InChI is InChI=1S/C10H22N2O2S.ClH/c1-3-15(13,14)7-6-12-5-4-10(11)9(2)8-12;/h9-10H,3-8,11H2,1-2H3;1H. The van der Waals surface area contributed by atoms with Gasteiger partial charge in [0.05, 0.1) is 5.75 Å². The van der Waals surface area contributed by atoms with Crippen molar-refractivity contribution in [1.29, 1.82) is 0 Å². The monoisotopic (exact) mass is 270 g/mol. The lowest BCUT2D eigenvalue weighted by Crippen LogP contribution is -2.47. The van der Waals surface area contributed by atoms with Gasteiger partial charge in [-0.05, 0) is 18.9 Å². The van der Waals surface area contributed by atoms with E-state index in [-0.39, 0.29) is 30.0 Å². The second kappa shape index (κ2) is 6.79. The number of nitrogens with two attached hydrogens (primary N) is 1. The van der Waals surface area contributed by atoms with Crippen molar-refractivity contribution in [3.8, 4) is 0 Å². The summed E-state index contributed by atoms with van der Waals surface area (Å²) in [4.78, 5) is 2.21. The highest BCUT2D eigenvalue weighted by molar-refractivity contribution is 7.91. The summed E-state index contributed by atoms with van der Waals surface area (Å²) in [5.41, 5.74) is 5.90. The Bertz CT molecular complexity index is 295. The molecule has 1 heterocycles. The molecular weight excluding hydrogens is 248 g/mol. The van der Waals surface area contributed by atoms with E-state index in [1.807, 2.05) is 0 Å². The van der Waals surface area contributed by atoms with Gasteiger partial charge in [-0.1, -0.05) is 13.8 Å². The van der Waals surface area contributed by atoms with E-state index in [1.165, 1.54) is 0 Å². The molecule has 4 nitrogen and oxygen atoms in total. The first-order chi connectivity index (χ1) is 6.94. The minimum absolute atomic E-state index is 0. The van der Waals surface area contributed by atoms with Crippen LogP contribution in [-0.4, -0.2) is 50.5 Å². The first-order valence-electron chi connectivity index (χ1n) is 5.63. The minimum Gasteiger partial charge on any atom is -0.327 e. The van der Waals surface area contributed by atoms with E-state index in [0.29, 0.717) is 12.5 Å². The molecule has 1 aliphatic heterocycles. The molecular formula is C10H23ClN2O2S. The van der Waals surface area contributed by atoms with Gasteiger partial charge in [-0.25, -0.2) is 8.42 Å². The Labute approximate surface area is 105 Å². The first kappa shape index (κ1) is 16.2. The number of piperidine rings is 1. The number of halogens is 1. The molecule has 0 aromatic rings. The third-order valence-corrected chi connectivity index (χ3v) is 4.90. The van der Waals surface area contributed by atoms with Crippen molar-refractivity contribution in [3.05, 3.63) is 0 Å². The maximum absolute atomic E-state index is 11.3. The molecule has 0 aromatic heterocycles. The van der Waals surface area contributed by atoms with Crippen LogP contribution in [0.15, 0.2) is 0 Å². The zero-order valence-electron chi connectivity index (χ0n) is 10.1. The summed E-state index contributed by atoms with van der Waals surface area (Å²) in [6, 6.07) is 0.282. The van der Waals surface area contributed by atoms with Gasteiger partial charge in [0.2, 0.25) is 0 Å². The number of rotatable bonds is 4. The zero-order valence-corrected chi connectivity index (χ0v) is 11.7. The summed E-state index contributed by atoms with van der Waals surface area (Å²) in [6.07, 6.45) is 0.980. The van der Waals surface area contributed by atoms with Crippen LogP contribution in [0.4, 0.5) is 0 Å². The van der Waals surface area contributed by atoms with Crippen molar-refractivity contribution >= 4 is 22.2 Å². The molecule has 1 rings (SSSR count). The van der Waals surface area contributed by atoms with Crippen molar-refractivity contribution in [2.45, 2.75) is 26.3 Å². The Balaban J connectivity index is 0.00000225. The number of likely N-dealkylation sites (tertiary alicyclic amines) is 1. The highest BCUT2D eigenvalue weighted by Crippen LogP contribution is 2.14. The van der Waals surface area contributed by atoms with Crippen molar-refractivity contribution in [2.24, 2.45) is 11.7 Å². The van der Waals surface area contributed by atoms with Crippen LogP contribution in [0.25, 0.3) is 0 Å². The summed E-state index contributed by atoms with van der Waals surface area (Å²) < 4.78 is 22.7. The average molecular weight is 271 g/mol. The molecule has 0 aliphatic carbocycles. The summed E-state index contributed by atoms with van der Waals surface area (Å²) in [7, 11) is -2.82. The molecule has 0 bridgehead atoms. The highest BCUT2D eigenvalue weighted by Gasteiger charge is 2.23. The fourth-order valence-electron chi connectivity index (χ4n) is 1.87. The maximum Gasteiger partial charge on any atom is 0.151 e. The van der Waals surface area contributed by atoms with E-state index in [4.69, 9.17) is 5.73 Å². The molecule has 0 radical (unpaired) electrons. The fourth-order valence-corrected chi connectivity index (χ4v) is 2.69. The molecule has 1 aliphatic rings. The molecule has 0 saturated carbocycles. The van der Waals surface area contributed by atoms with E-state index in [0.717, 1.165) is 19.5 Å². The zero-order chi connectivity index (χ0) is 11.5. The van der Waals surface area contributed by atoms with Gasteiger partial charge in [0, 0.05) is 24.9 Å². The minimum atomic E-state index is -2.82. The van der Waals surface area contributed by atoms with Crippen LogP contribution in [0.1, 0.15) is 20.3 Å². The van der Waals surface area contributed by atoms with Crippen molar-refractivity contribution in [1.82, 2.24) is 4.90 Å². The van der Waals surface area contributed by atoms with Gasteiger partial charge in [0.15, 0.2) is 9.84 Å². The van der Waals surface area contributed by atoms with E-state index < -0.39 is 9.84 Å². The second-order valence-corrected chi connectivity index (χ2v) is 6.94. The number of hydrogen-bond acceptors (Lipinski definition) is 4. The molecule has 0 spiro atoms. The van der Waals surface area contributed by atoms with E-state index in [1.54, 1.807) is 6.92 Å². The lowest BCUT2D eigenvalue weighted by atomic mass is 9.95. The Morgan fingerprint density at radius 3 is 2.56 bits per heavy atom. The first-order valence-corrected chi connectivity index (χ1v) is 7.45. The van der Waals surface area contributed by atoms with Crippen molar-refractivity contribution in [3.63, 3.8) is 0 Å². The van der Waals surface area contributed by atoms with E-state index in [2.05, 4.69) is 11.8 Å². The molecule has 16 heavy (non-hydrogen) atoms. The van der Waals surface area contributed by atoms with Gasteiger partial charge < -0.3 is 10.6 Å². The van der Waals surface area contributed by atoms with Crippen molar-refractivity contribution in [2.75, 3.05) is 31.1 Å². The van der Waals surface area contributed by atoms with E-state index >= 15 is 0 Å². The third kappa shape index (κ3) is 4.99. The smallest absolute Gasteiger partial charge is 0.151 e. The van der Waals surface area contributed by atoms with Crippen LogP contribution in [0, 0.1) is 5.92 Å². The Morgan fingerprint density at radius 1 is 1.44 bits per heavy atom. The molecule has 0 amide bonds. The summed E-state index contributed by atoms with van der Waals surface area (Å²) in [5.74, 6) is 1.00. The van der Waals surface area contributed by atoms with Gasteiger partial charge >= 0.3 is 0 Å². The second-order valence-electron chi connectivity index (χ2n) is 4.47. The maximum atomic E-state index is 11.3. The SMILES string of the molecule is CCS(=O)(=O)CCN1CCC(N)C(C)C1.Cl. The number of nitrogens with zero attached hydrogens (tertiary/aromatic N) is 1. The molecule has 1 fully saturated rings. The number of sulfone groups is 1. The summed E-state index contributed by atoms with van der Waals surface area (Å²) in [5, 5.41) is 0. The summed E-state index contributed by atoms with van der Waals surface area (Å²) >= 11 is 0. The van der Waals surface area contributed by atoms with Crippen LogP contribution in [0.2, 0.25) is 0 Å². The van der Waals surface area contributed by atoms with Gasteiger partial charge in [-0.3, -0.25) is 0 Å². The molecule has 2 atom stereocenters. The third-order valence-electron chi connectivity index (χ3n) is 3.21. The van der Waals surface area contributed by atoms with Crippen LogP contribution in [0.3, 0.4) is 0 Å². The van der Waals surface area contributed by atoms with E-state index in [9.17, 15) is 8.42 Å². The van der Waals surface area contributed by atoms with Gasteiger partial charge in [-0.2, -0.15) is 0 Å². The fraction of sp³-hybridized carbons (Fsp3) is 1.00. The van der Waals surface area contributed by atoms with Gasteiger partial charge in [-0.15, -0.1) is 12.4 Å². The van der Waals surface area contributed by atoms with Gasteiger partial charge in [0.1, 0.15) is 0 Å². The quantitative estimate of drug-likeness (QED) is 0.809. The Kier molecular flexibility index (Phi) is 6.86. The Hall–Kier alpha value is 0.160. The summed E-state index contributed by atoms with van der Waals surface area (Å²) in [6.45, 7) is 6.35. The molecule has 0 aromatic carbocycles. The normalized spacial score (nSPS) is 27.4. The molecule has 2 N–H and O–H groups in total. The largest absolute Gasteiger partial charge is 0.327 e. The predicted molar refractivity (Wildman–Crippen MR) is 69.8 cm³/mol. The molecule has 2 unspecified atom stereocenters. The average Bonchev–Trinajstić information content (AvgIpc) is 2.20. The lowest BCUT2D eigenvalue weighted by Gasteiger charge is -2.34. The molecule has 1 saturated heterocycles. The Morgan fingerprint density at radius 2 is 2.06 bits per heavy atom. The van der Waals surface area contributed by atoms with Crippen molar-refractivity contribution < 1.29 is 8.42 Å². The molecule has 98 valence electrons. The topological polar surface area (TPSA) is 63.4 Å². The lowest BCUT2D eigenvalue weighted by molar-refractivity contribution is 0.173. The molecule has 6 heteroatoms. The van der Waals surface area contributed by atoms with Crippen LogP contribution < -0.4 is 5.73 Å². The highest BCUT2D eigenvalue weighted by atomic mass is 35.5. The van der Waals surface area contributed by atoms with Crippen LogP contribution in [-0.2, 0) is 9.84 Å². The van der Waals surface area contributed by atoms with Crippen LogP contribution in [0.5, 0.6) is 0 Å². The van der Waals surface area contributed by atoms with Gasteiger partial charge in [0.25, 0.3) is 0 Å². The number of hydrogen-bond donors (Lipinski definition) is 1. The van der Waals surface area contributed by atoms with Crippen LogP contribution >= 0.6 is 12.4 Å². The predicted octanol–water partition coefficient (Wildman–Crippen LogP) is 0.512.